The lowest BCUT2D eigenvalue weighted by Gasteiger charge is -2.39. The number of aromatic nitrogens is 3. The molecule has 3 aromatic rings. The van der Waals surface area contributed by atoms with Crippen molar-refractivity contribution in [3.63, 3.8) is 0 Å². The van der Waals surface area contributed by atoms with Crippen molar-refractivity contribution < 1.29 is 4.79 Å². The number of benzene rings is 1. The van der Waals surface area contributed by atoms with E-state index < -0.39 is 5.41 Å². The summed E-state index contributed by atoms with van der Waals surface area (Å²) in [6.45, 7) is 0. The summed E-state index contributed by atoms with van der Waals surface area (Å²) in [4.78, 5) is 29.3. The Hall–Kier alpha value is -3.61. The lowest BCUT2D eigenvalue weighted by Crippen LogP contribution is -2.42. The highest BCUT2D eigenvalue weighted by atomic mass is 16.1. The van der Waals surface area contributed by atoms with Crippen LogP contribution >= 0.6 is 0 Å². The fourth-order valence-electron chi connectivity index (χ4n) is 3.42. The molecular formula is C21H20N6O. The summed E-state index contributed by atoms with van der Waals surface area (Å²) >= 11 is 0. The smallest absolute Gasteiger partial charge is 0.258 e. The molecule has 1 aliphatic rings. The van der Waals surface area contributed by atoms with E-state index in [1.54, 1.807) is 36.9 Å². The van der Waals surface area contributed by atoms with Crippen LogP contribution in [0.1, 0.15) is 30.4 Å². The van der Waals surface area contributed by atoms with Crippen molar-refractivity contribution in [1.82, 2.24) is 15.0 Å². The highest BCUT2D eigenvalue weighted by Gasteiger charge is 2.45. The number of aliphatic imine (C=N–C) groups is 1. The molecule has 140 valence electrons. The Labute approximate surface area is 162 Å². The monoisotopic (exact) mass is 372 g/mol. The number of hydrogen-bond donors (Lipinski definition) is 2. The molecular weight excluding hydrogens is 352 g/mol. The zero-order chi connectivity index (χ0) is 19.6. The van der Waals surface area contributed by atoms with Crippen molar-refractivity contribution in [3.8, 4) is 11.1 Å². The van der Waals surface area contributed by atoms with Crippen molar-refractivity contribution in [2.75, 3.05) is 5.73 Å². The maximum atomic E-state index is 13.0. The first-order valence-corrected chi connectivity index (χ1v) is 9.06. The molecule has 1 fully saturated rings. The number of nitrogens with zero attached hydrogens (tertiary/aromatic N) is 4. The maximum absolute atomic E-state index is 13.0. The summed E-state index contributed by atoms with van der Waals surface area (Å²) in [7, 11) is 0. The van der Waals surface area contributed by atoms with Crippen LogP contribution in [0.15, 0.2) is 66.2 Å². The lowest BCUT2D eigenvalue weighted by atomic mass is 9.64. The third-order valence-corrected chi connectivity index (χ3v) is 5.24. The van der Waals surface area contributed by atoms with E-state index in [-0.39, 0.29) is 17.7 Å². The first-order chi connectivity index (χ1) is 13.6. The summed E-state index contributed by atoms with van der Waals surface area (Å²) < 4.78 is 0. The number of anilines is 1. The molecule has 1 aromatic carbocycles. The van der Waals surface area contributed by atoms with Gasteiger partial charge in [0.1, 0.15) is 5.84 Å². The molecule has 0 unspecified atom stereocenters. The van der Waals surface area contributed by atoms with Crippen molar-refractivity contribution in [3.05, 3.63) is 72.3 Å². The van der Waals surface area contributed by atoms with Crippen LogP contribution in [0.4, 0.5) is 5.95 Å². The zero-order valence-electron chi connectivity index (χ0n) is 15.2. The number of carbonyl (C=O) groups excluding carboxylic acids is 1. The number of amides is 1. The Bertz CT molecular complexity index is 1010. The largest absolute Gasteiger partial charge is 0.383 e. The molecule has 7 nitrogen and oxygen atoms in total. The standard InChI is InChI=1S/C21H20N6O/c22-18(15-3-1-10-24-11-15)27-19(28)21(8-2-9-21)17-6-4-14(5-7-17)16-12-25-20(23)26-13-16/h1,3-7,10-13H,2,8-9H2,(H2,22,27,28)(H2,23,25,26). The van der Waals surface area contributed by atoms with E-state index in [0.717, 1.165) is 36.0 Å². The van der Waals surface area contributed by atoms with E-state index in [0.29, 0.717) is 5.56 Å². The average Bonchev–Trinajstić information content (AvgIpc) is 2.69. The molecule has 1 saturated carbocycles. The lowest BCUT2D eigenvalue weighted by molar-refractivity contribution is -0.126. The van der Waals surface area contributed by atoms with E-state index in [9.17, 15) is 4.79 Å². The van der Waals surface area contributed by atoms with Crippen LogP contribution in [0.5, 0.6) is 0 Å². The molecule has 1 amide bonds. The van der Waals surface area contributed by atoms with Gasteiger partial charge >= 0.3 is 0 Å². The van der Waals surface area contributed by atoms with Gasteiger partial charge in [-0.05, 0) is 36.1 Å². The van der Waals surface area contributed by atoms with Crippen LogP contribution in [0.2, 0.25) is 0 Å². The first-order valence-electron chi connectivity index (χ1n) is 9.06. The Morgan fingerprint density at radius 3 is 2.29 bits per heavy atom. The molecule has 0 radical (unpaired) electrons. The normalized spacial score (nSPS) is 15.6. The Morgan fingerprint density at radius 2 is 1.71 bits per heavy atom. The van der Waals surface area contributed by atoms with Crippen molar-refractivity contribution >= 4 is 17.7 Å². The summed E-state index contributed by atoms with van der Waals surface area (Å²) in [6, 6.07) is 11.4. The Kier molecular flexibility index (Phi) is 4.57. The van der Waals surface area contributed by atoms with Gasteiger partial charge in [-0.15, -0.1) is 0 Å². The van der Waals surface area contributed by atoms with Crippen LogP contribution in [-0.2, 0) is 10.2 Å². The summed E-state index contributed by atoms with van der Waals surface area (Å²) in [5.41, 5.74) is 14.4. The predicted octanol–water partition coefficient (Wildman–Crippen LogP) is 2.47. The molecule has 0 bridgehead atoms. The van der Waals surface area contributed by atoms with Gasteiger partial charge in [0.2, 0.25) is 5.95 Å². The van der Waals surface area contributed by atoms with Gasteiger partial charge in [0.15, 0.2) is 0 Å². The fraction of sp³-hybridized carbons (Fsp3) is 0.190. The average molecular weight is 372 g/mol. The highest BCUT2D eigenvalue weighted by Crippen LogP contribution is 2.45. The van der Waals surface area contributed by atoms with Gasteiger partial charge < -0.3 is 11.5 Å². The van der Waals surface area contributed by atoms with Crippen molar-refractivity contribution in [1.29, 1.82) is 0 Å². The summed E-state index contributed by atoms with van der Waals surface area (Å²) in [5, 5.41) is 0. The number of rotatable bonds is 4. The van der Waals surface area contributed by atoms with Crippen LogP contribution < -0.4 is 11.5 Å². The van der Waals surface area contributed by atoms with Gasteiger partial charge in [-0.1, -0.05) is 30.7 Å². The van der Waals surface area contributed by atoms with Crippen LogP contribution in [0, 0.1) is 0 Å². The van der Waals surface area contributed by atoms with Crippen LogP contribution in [0.3, 0.4) is 0 Å². The molecule has 4 rings (SSSR count). The second kappa shape index (κ2) is 7.19. The molecule has 2 aromatic heterocycles. The quantitative estimate of drug-likeness (QED) is 0.536. The van der Waals surface area contributed by atoms with Crippen molar-refractivity contribution in [2.24, 2.45) is 10.7 Å². The van der Waals surface area contributed by atoms with Crippen LogP contribution in [-0.4, -0.2) is 26.7 Å². The number of nitrogens with two attached hydrogens (primary N) is 2. The molecule has 28 heavy (non-hydrogen) atoms. The fourth-order valence-corrected chi connectivity index (χ4v) is 3.42. The second-order valence-electron chi connectivity index (χ2n) is 6.89. The molecule has 4 N–H and O–H groups in total. The van der Waals surface area contributed by atoms with Gasteiger partial charge in [0, 0.05) is 35.9 Å². The third-order valence-electron chi connectivity index (χ3n) is 5.24. The number of pyridine rings is 1. The summed E-state index contributed by atoms with van der Waals surface area (Å²) in [5.74, 6) is 0.229. The van der Waals surface area contributed by atoms with Crippen LogP contribution in [0.25, 0.3) is 11.1 Å². The van der Waals surface area contributed by atoms with Gasteiger partial charge in [-0.3, -0.25) is 9.78 Å². The van der Waals surface area contributed by atoms with E-state index in [2.05, 4.69) is 19.9 Å². The van der Waals surface area contributed by atoms with Crippen molar-refractivity contribution in [2.45, 2.75) is 24.7 Å². The SMILES string of the molecule is NC(=NC(=O)C1(c2ccc(-c3cnc(N)nc3)cc2)CCC1)c1cccnc1. The van der Waals surface area contributed by atoms with Gasteiger partial charge in [0.05, 0.1) is 5.41 Å². The third kappa shape index (κ3) is 3.22. The van der Waals surface area contributed by atoms with E-state index in [1.807, 2.05) is 24.3 Å². The minimum Gasteiger partial charge on any atom is -0.383 e. The van der Waals surface area contributed by atoms with Gasteiger partial charge in [0.25, 0.3) is 5.91 Å². The molecule has 0 atom stereocenters. The number of hydrogen-bond acceptors (Lipinski definition) is 5. The molecule has 0 spiro atoms. The second-order valence-corrected chi connectivity index (χ2v) is 6.89. The first kappa shape index (κ1) is 17.8. The molecule has 1 aliphatic carbocycles. The minimum atomic E-state index is -0.608. The van der Waals surface area contributed by atoms with E-state index >= 15 is 0 Å². The minimum absolute atomic E-state index is 0.194. The number of carbonyl (C=O) groups is 1. The number of nitrogen functional groups attached to an aromatic ring is 1. The zero-order valence-corrected chi connectivity index (χ0v) is 15.2. The number of amidine groups is 1. The van der Waals surface area contributed by atoms with E-state index in [4.69, 9.17) is 11.5 Å². The van der Waals surface area contributed by atoms with Gasteiger partial charge in [-0.2, -0.15) is 4.99 Å². The molecule has 2 heterocycles. The molecule has 0 saturated heterocycles. The highest BCUT2D eigenvalue weighted by molar-refractivity contribution is 6.06. The molecule has 0 aliphatic heterocycles. The topological polar surface area (TPSA) is 120 Å². The Balaban J connectivity index is 1.61. The van der Waals surface area contributed by atoms with Gasteiger partial charge in [-0.25, -0.2) is 9.97 Å². The molecule has 7 heteroatoms. The predicted molar refractivity (Wildman–Crippen MR) is 107 cm³/mol. The summed E-state index contributed by atoms with van der Waals surface area (Å²) in [6.07, 6.45) is 9.13. The van der Waals surface area contributed by atoms with E-state index in [1.165, 1.54) is 0 Å². The Morgan fingerprint density at radius 1 is 1.00 bits per heavy atom. The maximum Gasteiger partial charge on any atom is 0.258 e.